The van der Waals surface area contributed by atoms with E-state index in [0.29, 0.717) is 0 Å². The molecule has 0 bridgehead atoms. The van der Waals surface area contributed by atoms with Crippen molar-refractivity contribution in [3.63, 3.8) is 0 Å². The molecule has 2 N–H and O–H groups in total. The molecular formula is C12H16FNO4S. The average molecular weight is 289 g/mol. The lowest BCUT2D eigenvalue weighted by Crippen LogP contribution is -2.34. The fourth-order valence-electron chi connectivity index (χ4n) is 1.60. The third kappa shape index (κ3) is 3.60. The van der Waals surface area contributed by atoms with Gasteiger partial charge in [-0.1, -0.05) is 12.1 Å². The van der Waals surface area contributed by atoms with Gasteiger partial charge in [-0.2, -0.15) is 4.31 Å². The van der Waals surface area contributed by atoms with Crippen LogP contribution >= 0.6 is 0 Å². The number of aliphatic hydroxyl groups is 2. The second-order valence-electron chi connectivity index (χ2n) is 3.79. The van der Waals surface area contributed by atoms with Crippen LogP contribution in [0.15, 0.2) is 35.7 Å². The maximum absolute atomic E-state index is 13.2. The van der Waals surface area contributed by atoms with Crippen molar-refractivity contribution < 1.29 is 23.0 Å². The minimum atomic E-state index is -3.99. The van der Waals surface area contributed by atoms with Crippen molar-refractivity contribution in [2.75, 3.05) is 19.7 Å². The first-order valence-electron chi connectivity index (χ1n) is 5.58. The summed E-state index contributed by atoms with van der Waals surface area (Å²) in [7, 11) is -3.99. The third-order valence-corrected chi connectivity index (χ3v) is 4.45. The van der Waals surface area contributed by atoms with E-state index in [1.807, 2.05) is 0 Å². The summed E-state index contributed by atoms with van der Waals surface area (Å²) in [5.74, 6) is -0.710. The van der Waals surface area contributed by atoms with Crippen LogP contribution in [0.3, 0.4) is 0 Å². The van der Waals surface area contributed by atoms with Crippen LogP contribution in [0.5, 0.6) is 0 Å². The monoisotopic (exact) mass is 289 g/mol. The molecule has 0 radical (unpaired) electrons. The molecule has 0 fully saturated rings. The third-order valence-electron chi connectivity index (χ3n) is 2.50. The van der Waals surface area contributed by atoms with Crippen LogP contribution in [0.2, 0.25) is 0 Å². The molecule has 0 aromatic heterocycles. The molecule has 1 rings (SSSR count). The van der Waals surface area contributed by atoms with Gasteiger partial charge in [0.05, 0.1) is 18.1 Å². The lowest BCUT2D eigenvalue weighted by atomic mass is 10.2. The Morgan fingerprint density at radius 3 is 2.58 bits per heavy atom. The Bertz CT molecular complexity index is 545. The van der Waals surface area contributed by atoms with Gasteiger partial charge in [0.2, 0.25) is 10.0 Å². The van der Waals surface area contributed by atoms with Crippen molar-refractivity contribution in [1.82, 2.24) is 4.31 Å². The molecule has 106 valence electrons. The van der Waals surface area contributed by atoms with E-state index in [1.165, 1.54) is 12.1 Å². The number of benzene rings is 1. The Hall–Kier alpha value is -1.28. The van der Waals surface area contributed by atoms with E-state index in [0.717, 1.165) is 16.4 Å². The Balaban J connectivity index is 3.31. The average Bonchev–Trinajstić information content (AvgIpc) is 2.38. The van der Waals surface area contributed by atoms with Crippen LogP contribution in [-0.4, -0.2) is 42.6 Å². The van der Waals surface area contributed by atoms with Gasteiger partial charge in [-0.25, -0.2) is 12.8 Å². The molecule has 7 heteroatoms. The molecule has 19 heavy (non-hydrogen) atoms. The summed E-state index contributed by atoms with van der Waals surface area (Å²) in [6, 6.07) is 3.15. The highest BCUT2D eigenvalue weighted by Gasteiger charge is 2.26. The summed E-state index contributed by atoms with van der Waals surface area (Å²) in [6.45, 7) is 2.42. The number of rotatable bonds is 7. The van der Waals surface area contributed by atoms with Crippen molar-refractivity contribution in [3.05, 3.63) is 42.2 Å². The summed E-state index contributed by atoms with van der Waals surface area (Å²) >= 11 is 0. The smallest absolute Gasteiger partial charge is 0.243 e. The zero-order valence-corrected chi connectivity index (χ0v) is 11.1. The molecule has 0 aliphatic heterocycles. The van der Waals surface area contributed by atoms with Gasteiger partial charge in [-0.15, -0.1) is 6.58 Å². The molecule has 0 atom stereocenters. The highest BCUT2D eigenvalue weighted by atomic mass is 32.2. The Labute approximate surface area is 111 Å². The van der Waals surface area contributed by atoms with E-state index in [1.54, 1.807) is 0 Å². The first-order valence-corrected chi connectivity index (χ1v) is 7.02. The first-order chi connectivity index (χ1) is 8.97. The first kappa shape index (κ1) is 15.8. The van der Waals surface area contributed by atoms with Gasteiger partial charge >= 0.3 is 0 Å². The quantitative estimate of drug-likeness (QED) is 0.716. The number of sulfonamides is 1. The molecule has 0 unspecified atom stereocenters. The molecule has 0 aliphatic rings. The topological polar surface area (TPSA) is 77.8 Å². The Kier molecular flexibility index (Phi) is 5.61. The van der Waals surface area contributed by atoms with Gasteiger partial charge in [0, 0.05) is 13.1 Å². The maximum Gasteiger partial charge on any atom is 0.243 e. The molecule has 0 saturated carbocycles. The van der Waals surface area contributed by atoms with E-state index >= 15 is 0 Å². The fraction of sp³-hybridized carbons (Fsp3) is 0.333. The molecule has 1 aromatic carbocycles. The molecule has 0 heterocycles. The highest BCUT2D eigenvalue weighted by molar-refractivity contribution is 7.89. The van der Waals surface area contributed by atoms with Gasteiger partial charge in [0.15, 0.2) is 0 Å². The SMILES string of the molecule is C=CCN(CCO)S(=O)(=O)c1cc(F)ccc1CO. The van der Waals surface area contributed by atoms with Gasteiger partial charge in [0.25, 0.3) is 0 Å². The number of aliphatic hydroxyl groups excluding tert-OH is 2. The largest absolute Gasteiger partial charge is 0.395 e. The molecule has 0 saturated heterocycles. The summed E-state index contributed by atoms with van der Waals surface area (Å²) in [6.07, 6.45) is 1.37. The molecular weight excluding hydrogens is 273 g/mol. The summed E-state index contributed by atoms with van der Waals surface area (Å²) in [5.41, 5.74) is 0.105. The van der Waals surface area contributed by atoms with E-state index < -0.39 is 22.4 Å². The second kappa shape index (κ2) is 6.76. The molecule has 5 nitrogen and oxygen atoms in total. The van der Waals surface area contributed by atoms with Gasteiger partial charge < -0.3 is 10.2 Å². The van der Waals surface area contributed by atoms with Crippen molar-refractivity contribution >= 4 is 10.0 Å². The van der Waals surface area contributed by atoms with Crippen LogP contribution in [0.4, 0.5) is 4.39 Å². The summed E-state index contributed by atoms with van der Waals surface area (Å²) in [5, 5.41) is 18.0. The van der Waals surface area contributed by atoms with Crippen LogP contribution in [0.25, 0.3) is 0 Å². The normalized spacial score (nSPS) is 11.8. The van der Waals surface area contributed by atoms with Crippen LogP contribution in [0, 0.1) is 5.82 Å². The zero-order chi connectivity index (χ0) is 14.5. The van der Waals surface area contributed by atoms with Gasteiger partial charge in [-0.3, -0.25) is 0 Å². The van der Waals surface area contributed by atoms with E-state index in [4.69, 9.17) is 10.2 Å². The zero-order valence-electron chi connectivity index (χ0n) is 10.3. The van der Waals surface area contributed by atoms with Crippen LogP contribution in [-0.2, 0) is 16.6 Å². The standard InChI is InChI=1S/C12H16FNO4S/c1-2-5-14(6-7-15)19(17,18)12-8-11(13)4-3-10(12)9-16/h2-4,8,15-16H,1,5-7,9H2. The number of nitrogens with zero attached hydrogens (tertiary/aromatic N) is 1. The fourth-order valence-corrected chi connectivity index (χ4v) is 3.23. The van der Waals surface area contributed by atoms with Gasteiger partial charge in [0.1, 0.15) is 5.82 Å². The summed E-state index contributed by atoms with van der Waals surface area (Å²) < 4.78 is 38.8. The van der Waals surface area contributed by atoms with E-state index in [2.05, 4.69) is 6.58 Å². The Morgan fingerprint density at radius 1 is 1.37 bits per heavy atom. The van der Waals surface area contributed by atoms with E-state index in [9.17, 15) is 12.8 Å². The second-order valence-corrected chi connectivity index (χ2v) is 5.69. The van der Waals surface area contributed by atoms with Crippen molar-refractivity contribution in [2.24, 2.45) is 0 Å². The van der Waals surface area contributed by atoms with Crippen LogP contribution < -0.4 is 0 Å². The van der Waals surface area contributed by atoms with Crippen molar-refractivity contribution in [3.8, 4) is 0 Å². The number of hydrogen-bond donors (Lipinski definition) is 2. The summed E-state index contributed by atoms with van der Waals surface area (Å²) in [4.78, 5) is -0.301. The lowest BCUT2D eigenvalue weighted by Gasteiger charge is -2.21. The molecule has 0 amide bonds. The molecule has 0 spiro atoms. The lowest BCUT2D eigenvalue weighted by molar-refractivity contribution is 0.259. The molecule has 1 aromatic rings. The maximum atomic E-state index is 13.2. The molecule has 0 aliphatic carbocycles. The minimum Gasteiger partial charge on any atom is -0.395 e. The van der Waals surface area contributed by atoms with Crippen LogP contribution in [0.1, 0.15) is 5.56 Å². The van der Waals surface area contributed by atoms with Gasteiger partial charge in [-0.05, 0) is 17.7 Å². The highest BCUT2D eigenvalue weighted by Crippen LogP contribution is 2.21. The number of halogens is 1. The van der Waals surface area contributed by atoms with Crippen molar-refractivity contribution in [2.45, 2.75) is 11.5 Å². The minimum absolute atomic E-state index is 0.00965. The van der Waals surface area contributed by atoms with E-state index in [-0.39, 0.29) is 30.2 Å². The number of hydrogen-bond acceptors (Lipinski definition) is 4. The van der Waals surface area contributed by atoms with Crippen molar-refractivity contribution in [1.29, 1.82) is 0 Å². The predicted octanol–water partition coefficient (Wildman–Crippen LogP) is 0.487. The predicted molar refractivity (Wildman–Crippen MR) is 68.4 cm³/mol. The Morgan fingerprint density at radius 2 is 2.05 bits per heavy atom.